The Morgan fingerprint density at radius 3 is 2.30 bits per heavy atom. The van der Waals surface area contributed by atoms with Crippen molar-refractivity contribution in [2.75, 3.05) is 14.2 Å². The first-order valence-electron chi connectivity index (χ1n) is 6.32. The van der Waals surface area contributed by atoms with Gasteiger partial charge in [0.25, 0.3) is 0 Å². The normalized spacial score (nSPS) is 10.2. The molecule has 2 aromatic rings. The van der Waals surface area contributed by atoms with Gasteiger partial charge in [0, 0.05) is 6.20 Å². The summed E-state index contributed by atoms with van der Waals surface area (Å²) in [5.74, 6) is 0.965. The largest absolute Gasteiger partial charge is 0.496 e. The molecular formula is C16H17NO3. The number of hydrogen-bond acceptors (Lipinski definition) is 4. The molecule has 0 atom stereocenters. The molecule has 0 unspecified atom stereocenters. The van der Waals surface area contributed by atoms with Gasteiger partial charge in [0.2, 0.25) is 0 Å². The van der Waals surface area contributed by atoms with Crippen LogP contribution in [0.1, 0.15) is 21.6 Å². The fourth-order valence-corrected chi connectivity index (χ4v) is 2.07. The predicted octanol–water partition coefficient (Wildman–Crippen LogP) is 2.83. The molecule has 0 fully saturated rings. The van der Waals surface area contributed by atoms with Crippen LogP contribution < -0.4 is 9.47 Å². The average Bonchev–Trinajstić information content (AvgIpc) is 2.48. The molecule has 0 N–H and O–H groups in total. The number of nitrogens with zero attached hydrogens (tertiary/aromatic N) is 1. The van der Waals surface area contributed by atoms with Gasteiger partial charge in [-0.3, -0.25) is 9.78 Å². The molecule has 0 radical (unpaired) electrons. The smallest absolute Gasteiger partial charge is 0.176 e. The Kier molecular flexibility index (Phi) is 4.35. The van der Waals surface area contributed by atoms with Gasteiger partial charge < -0.3 is 9.47 Å². The van der Waals surface area contributed by atoms with E-state index in [4.69, 9.17) is 9.47 Å². The molecule has 4 heteroatoms. The van der Waals surface area contributed by atoms with E-state index >= 15 is 0 Å². The first kappa shape index (κ1) is 14.1. The van der Waals surface area contributed by atoms with Crippen molar-refractivity contribution in [3.05, 3.63) is 53.3 Å². The Labute approximate surface area is 118 Å². The highest BCUT2D eigenvalue weighted by Crippen LogP contribution is 2.29. The number of aromatic nitrogens is 1. The average molecular weight is 271 g/mol. The van der Waals surface area contributed by atoms with E-state index < -0.39 is 0 Å². The van der Waals surface area contributed by atoms with E-state index in [1.54, 1.807) is 24.4 Å². The summed E-state index contributed by atoms with van der Waals surface area (Å²) in [4.78, 5) is 16.8. The van der Waals surface area contributed by atoms with Crippen molar-refractivity contribution < 1.29 is 14.3 Å². The fourth-order valence-electron chi connectivity index (χ4n) is 2.07. The van der Waals surface area contributed by atoms with E-state index in [9.17, 15) is 4.79 Å². The lowest BCUT2D eigenvalue weighted by Gasteiger charge is -2.12. The van der Waals surface area contributed by atoms with Crippen LogP contribution in [-0.4, -0.2) is 25.0 Å². The van der Waals surface area contributed by atoms with Gasteiger partial charge in [0.05, 0.1) is 26.3 Å². The molecule has 0 amide bonds. The van der Waals surface area contributed by atoms with Crippen LogP contribution in [0.3, 0.4) is 0 Å². The quantitative estimate of drug-likeness (QED) is 0.785. The monoisotopic (exact) mass is 271 g/mol. The van der Waals surface area contributed by atoms with Gasteiger partial charge in [-0.15, -0.1) is 0 Å². The summed E-state index contributed by atoms with van der Waals surface area (Å²) in [7, 11) is 3.08. The van der Waals surface area contributed by atoms with Crippen LogP contribution in [0.4, 0.5) is 0 Å². The van der Waals surface area contributed by atoms with Gasteiger partial charge in [0.15, 0.2) is 5.78 Å². The molecule has 1 heterocycles. The number of ketones is 1. The molecule has 2 rings (SSSR count). The minimum atomic E-state index is -0.0684. The number of ether oxygens (including phenoxy) is 2. The Hall–Kier alpha value is -2.36. The molecule has 4 nitrogen and oxygen atoms in total. The first-order valence-corrected chi connectivity index (χ1v) is 6.32. The topological polar surface area (TPSA) is 48.4 Å². The summed E-state index contributed by atoms with van der Waals surface area (Å²) >= 11 is 0. The van der Waals surface area contributed by atoms with Crippen LogP contribution in [0, 0.1) is 6.92 Å². The highest BCUT2D eigenvalue weighted by atomic mass is 16.5. The zero-order valence-electron chi connectivity index (χ0n) is 11.8. The van der Waals surface area contributed by atoms with Crippen molar-refractivity contribution in [3.63, 3.8) is 0 Å². The lowest BCUT2D eigenvalue weighted by molar-refractivity contribution is 0.0985. The molecule has 104 valence electrons. The van der Waals surface area contributed by atoms with Crippen molar-refractivity contribution in [3.8, 4) is 11.5 Å². The molecule has 0 saturated heterocycles. The van der Waals surface area contributed by atoms with Gasteiger partial charge >= 0.3 is 0 Å². The standard InChI is InChI=1S/C16H17NO3/c1-11-6-5-9-17-12(11)10-13(18)16-14(19-2)7-4-8-15(16)20-3/h4-9H,10H2,1-3H3. The number of methoxy groups -OCH3 is 2. The van der Waals surface area contributed by atoms with Gasteiger partial charge in [0.1, 0.15) is 17.1 Å². The molecule has 1 aromatic carbocycles. The number of aryl methyl sites for hydroxylation is 1. The molecule has 0 aliphatic rings. The van der Waals surface area contributed by atoms with Crippen LogP contribution in [0.25, 0.3) is 0 Å². The second-order valence-corrected chi connectivity index (χ2v) is 4.40. The maximum absolute atomic E-state index is 12.5. The Bertz CT molecular complexity index is 601. The number of pyridine rings is 1. The van der Waals surface area contributed by atoms with Crippen LogP contribution in [0.5, 0.6) is 11.5 Å². The first-order chi connectivity index (χ1) is 9.67. The molecule has 0 aliphatic carbocycles. The summed E-state index contributed by atoms with van der Waals surface area (Å²) in [6.07, 6.45) is 1.92. The summed E-state index contributed by atoms with van der Waals surface area (Å²) < 4.78 is 10.5. The Balaban J connectivity index is 2.36. The van der Waals surface area contributed by atoms with E-state index in [0.717, 1.165) is 11.3 Å². The van der Waals surface area contributed by atoms with Gasteiger partial charge in [-0.2, -0.15) is 0 Å². The third kappa shape index (κ3) is 2.79. The predicted molar refractivity (Wildman–Crippen MR) is 76.6 cm³/mol. The highest BCUT2D eigenvalue weighted by Gasteiger charge is 2.19. The summed E-state index contributed by atoms with van der Waals surface area (Å²) in [6, 6.07) is 9.09. The SMILES string of the molecule is COc1cccc(OC)c1C(=O)Cc1ncccc1C. The Morgan fingerprint density at radius 2 is 1.75 bits per heavy atom. The van der Waals surface area contributed by atoms with E-state index in [0.29, 0.717) is 17.1 Å². The number of carbonyl (C=O) groups excluding carboxylic acids is 1. The number of rotatable bonds is 5. The number of Topliss-reactive ketones (excluding diaryl/α,β-unsaturated/α-hetero) is 1. The van der Waals surface area contributed by atoms with Crippen molar-refractivity contribution in [1.29, 1.82) is 0 Å². The van der Waals surface area contributed by atoms with Crippen molar-refractivity contribution in [2.24, 2.45) is 0 Å². The molecule has 0 aliphatic heterocycles. The fraction of sp³-hybridized carbons (Fsp3) is 0.250. The number of benzene rings is 1. The van der Waals surface area contributed by atoms with Crippen LogP contribution >= 0.6 is 0 Å². The maximum Gasteiger partial charge on any atom is 0.176 e. The van der Waals surface area contributed by atoms with E-state index in [2.05, 4.69) is 4.98 Å². The molecule has 0 spiro atoms. The molecule has 1 aromatic heterocycles. The lowest BCUT2D eigenvalue weighted by Crippen LogP contribution is -2.10. The van der Waals surface area contributed by atoms with E-state index in [1.165, 1.54) is 14.2 Å². The van der Waals surface area contributed by atoms with E-state index in [-0.39, 0.29) is 12.2 Å². The van der Waals surface area contributed by atoms with Gasteiger partial charge in [-0.25, -0.2) is 0 Å². The van der Waals surface area contributed by atoms with Crippen LogP contribution in [0.15, 0.2) is 36.5 Å². The van der Waals surface area contributed by atoms with E-state index in [1.807, 2.05) is 19.1 Å². The molecular weight excluding hydrogens is 254 g/mol. The lowest BCUT2D eigenvalue weighted by atomic mass is 10.0. The maximum atomic E-state index is 12.5. The summed E-state index contributed by atoms with van der Waals surface area (Å²) in [6.45, 7) is 1.94. The van der Waals surface area contributed by atoms with Gasteiger partial charge in [-0.05, 0) is 30.7 Å². The number of carbonyl (C=O) groups is 1. The summed E-state index contributed by atoms with van der Waals surface area (Å²) in [5, 5.41) is 0. The molecule has 0 bridgehead atoms. The van der Waals surface area contributed by atoms with Crippen LogP contribution in [-0.2, 0) is 6.42 Å². The van der Waals surface area contributed by atoms with Crippen molar-refractivity contribution in [2.45, 2.75) is 13.3 Å². The van der Waals surface area contributed by atoms with Gasteiger partial charge in [-0.1, -0.05) is 12.1 Å². The minimum absolute atomic E-state index is 0.0684. The van der Waals surface area contributed by atoms with Crippen molar-refractivity contribution >= 4 is 5.78 Å². The zero-order chi connectivity index (χ0) is 14.5. The second kappa shape index (κ2) is 6.19. The zero-order valence-corrected chi connectivity index (χ0v) is 11.8. The highest BCUT2D eigenvalue weighted by molar-refractivity contribution is 6.02. The minimum Gasteiger partial charge on any atom is -0.496 e. The van der Waals surface area contributed by atoms with Crippen molar-refractivity contribution in [1.82, 2.24) is 4.98 Å². The third-order valence-electron chi connectivity index (χ3n) is 3.15. The number of hydrogen-bond donors (Lipinski definition) is 0. The molecule has 20 heavy (non-hydrogen) atoms. The molecule has 0 saturated carbocycles. The third-order valence-corrected chi connectivity index (χ3v) is 3.15. The van der Waals surface area contributed by atoms with Crippen LogP contribution in [0.2, 0.25) is 0 Å². The second-order valence-electron chi connectivity index (χ2n) is 4.40. The summed E-state index contributed by atoms with van der Waals surface area (Å²) in [5.41, 5.74) is 2.22. The Morgan fingerprint density at radius 1 is 1.10 bits per heavy atom.